The molecule has 0 saturated heterocycles. The van der Waals surface area contributed by atoms with Crippen LogP contribution in [0.1, 0.15) is 0 Å². The zero-order valence-corrected chi connectivity index (χ0v) is 6.44. The summed E-state index contributed by atoms with van der Waals surface area (Å²) in [6.07, 6.45) is 0. The Balaban J connectivity index is 2.61. The van der Waals surface area contributed by atoms with Gasteiger partial charge in [-0.25, -0.2) is 5.48 Å². The molecule has 54 valence electrons. The van der Waals surface area contributed by atoms with Crippen LogP contribution in [0, 0.1) is 0 Å². The normalized spacial score (nSPS) is 13.1. The molecule has 0 fully saturated rings. The minimum Gasteiger partial charge on any atom is -0.381 e. The average Bonchev–Trinajstić information content (AvgIpc) is 2.60. The minimum atomic E-state index is 0.959. The molecule has 0 radical (unpaired) electrons. The Morgan fingerprint density at radius 1 is 1.36 bits per heavy atom. The van der Waals surface area contributed by atoms with E-state index in [9.17, 15) is 0 Å². The molecule has 11 heavy (non-hydrogen) atoms. The summed E-state index contributed by atoms with van der Waals surface area (Å²) in [6.45, 7) is 0. The largest absolute Gasteiger partial charge is 0.381 e. The maximum Gasteiger partial charge on any atom is 0.175 e. The SMILES string of the molecule is c1cc2c3c(csc3c1)ON2. The third-order valence-corrected chi connectivity index (χ3v) is 2.76. The summed E-state index contributed by atoms with van der Waals surface area (Å²) in [5, 5.41) is 3.24. The Kier molecular flexibility index (Phi) is 0.830. The molecule has 0 amide bonds. The van der Waals surface area contributed by atoms with Crippen molar-refractivity contribution in [3.63, 3.8) is 0 Å². The van der Waals surface area contributed by atoms with Gasteiger partial charge in [0.1, 0.15) is 0 Å². The summed E-state index contributed by atoms with van der Waals surface area (Å²) < 4.78 is 1.28. The molecule has 1 aromatic heterocycles. The lowest BCUT2D eigenvalue weighted by Crippen LogP contribution is -1.96. The Morgan fingerprint density at radius 3 is 3.36 bits per heavy atom. The van der Waals surface area contributed by atoms with Crippen molar-refractivity contribution in [2.24, 2.45) is 0 Å². The summed E-state index contributed by atoms with van der Waals surface area (Å²) in [4.78, 5) is 5.21. The number of nitrogens with one attached hydrogen (secondary N) is 1. The molecule has 0 unspecified atom stereocenters. The molecule has 0 bridgehead atoms. The zero-order valence-electron chi connectivity index (χ0n) is 5.63. The van der Waals surface area contributed by atoms with E-state index in [4.69, 9.17) is 4.84 Å². The van der Waals surface area contributed by atoms with Crippen LogP contribution in [0.5, 0.6) is 5.75 Å². The van der Waals surface area contributed by atoms with E-state index in [1.165, 1.54) is 10.1 Å². The standard InChI is InChI=1S/C8H5NOS/c1-2-5-8-6(10-9-5)4-11-7(8)3-1/h1-4,9H. The molecule has 0 spiro atoms. The van der Waals surface area contributed by atoms with Gasteiger partial charge in [-0.15, -0.1) is 11.3 Å². The van der Waals surface area contributed by atoms with Crippen LogP contribution in [0.25, 0.3) is 10.1 Å². The van der Waals surface area contributed by atoms with Crippen LogP contribution in [0.3, 0.4) is 0 Å². The zero-order chi connectivity index (χ0) is 7.26. The van der Waals surface area contributed by atoms with Crippen molar-refractivity contribution in [3.05, 3.63) is 23.6 Å². The van der Waals surface area contributed by atoms with Gasteiger partial charge in [0.2, 0.25) is 0 Å². The van der Waals surface area contributed by atoms with Gasteiger partial charge in [0.25, 0.3) is 0 Å². The number of anilines is 1. The first-order chi connectivity index (χ1) is 5.45. The Labute approximate surface area is 67.4 Å². The fraction of sp³-hybridized carbons (Fsp3) is 0. The van der Waals surface area contributed by atoms with Crippen molar-refractivity contribution < 1.29 is 4.84 Å². The molecule has 0 saturated carbocycles. The predicted octanol–water partition coefficient (Wildman–Crippen LogP) is 2.62. The summed E-state index contributed by atoms with van der Waals surface area (Å²) in [6, 6.07) is 6.15. The minimum absolute atomic E-state index is 0.959. The highest BCUT2D eigenvalue weighted by molar-refractivity contribution is 7.17. The Morgan fingerprint density at radius 2 is 2.36 bits per heavy atom. The average molecular weight is 163 g/mol. The number of benzene rings is 1. The summed E-state index contributed by atoms with van der Waals surface area (Å²) in [5.41, 5.74) is 3.94. The molecular formula is C8H5NOS. The quantitative estimate of drug-likeness (QED) is 0.644. The van der Waals surface area contributed by atoms with Gasteiger partial charge < -0.3 is 4.84 Å². The van der Waals surface area contributed by atoms with Gasteiger partial charge >= 0.3 is 0 Å². The van der Waals surface area contributed by atoms with Crippen molar-refractivity contribution in [2.45, 2.75) is 0 Å². The fourth-order valence-electron chi connectivity index (χ4n) is 1.33. The summed E-state index contributed by atoms with van der Waals surface area (Å²) in [7, 11) is 0. The molecule has 2 aromatic rings. The second-order valence-corrected chi connectivity index (χ2v) is 3.39. The van der Waals surface area contributed by atoms with E-state index in [1.54, 1.807) is 11.3 Å². The van der Waals surface area contributed by atoms with Gasteiger partial charge in [0.05, 0.1) is 11.1 Å². The predicted molar refractivity (Wildman–Crippen MR) is 46.1 cm³/mol. The van der Waals surface area contributed by atoms with E-state index < -0.39 is 0 Å². The van der Waals surface area contributed by atoms with Crippen LogP contribution in [0.2, 0.25) is 0 Å². The molecule has 2 nitrogen and oxygen atoms in total. The third kappa shape index (κ3) is 0.563. The number of thiophene rings is 1. The lowest BCUT2D eigenvalue weighted by atomic mass is 10.2. The van der Waals surface area contributed by atoms with Crippen molar-refractivity contribution in [1.82, 2.24) is 0 Å². The molecule has 1 aliphatic heterocycles. The van der Waals surface area contributed by atoms with Crippen LogP contribution in [0.15, 0.2) is 23.6 Å². The van der Waals surface area contributed by atoms with E-state index in [0.29, 0.717) is 0 Å². The highest BCUT2D eigenvalue weighted by Crippen LogP contribution is 2.41. The van der Waals surface area contributed by atoms with Crippen molar-refractivity contribution in [3.8, 4) is 5.75 Å². The molecule has 0 aliphatic carbocycles. The lowest BCUT2D eigenvalue weighted by molar-refractivity contribution is 0.424. The van der Waals surface area contributed by atoms with Gasteiger partial charge in [-0.1, -0.05) is 6.07 Å². The van der Waals surface area contributed by atoms with E-state index in [1.807, 2.05) is 17.5 Å². The fourth-order valence-corrected chi connectivity index (χ4v) is 2.22. The van der Waals surface area contributed by atoms with Gasteiger partial charge in [-0.2, -0.15) is 0 Å². The summed E-state index contributed by atoms with van der Waals surface area (Å²) >= 11 is 1.71. The highest BCUT2D eigenvalue weighted by atomic mass is 32.1. The lowest BCUT2D eigenvalue weighted by Gasteiger charge is -1.95. The molecule has 2 heterocycles. The van der Waals surface area contributed by atoms with E-state index in [2.05, 4.69) is 11.5 Å². The van der Waals surface area contributed by atoms with Gasteiger partial charge in [-0.05, 0) is 12.1 Å². The first-order valence-electron chi connectivity index (χ1n) is 3.38. The smallest absolute Gasteiger partial charge is 0.175 e. The molecule has 1 N–H and O–H groups in total. The first-order valence-corrected chi connectivity index (χ1v) is 4.26. The Hall–Kier alpha value is -1.22. The van der Waals surface area contributed by atoms with Crippen LogP contribution in [0.4, 0.5) is 5.69 Å². The van der Waals surface area contributed by atoms with Gasteiger partial charge in [0.15, 0.2) is 5.75 Å². The Bertz CT molecular complexity index is 421. The molecule has 1 aromatic carbocycles. The molecule has 3 heteroatoms. The van der Waals surface area contributed by atoms with Crippen molar-refractivity contribution in [1.29, 1.82) is 0 Å². The van der Waals surface area contributed by atoms with Crippen LogP contribution in [-0.4, -0.2) is 0 Å². The second-order valence-electron chi connectivity index (χ2n) is 2.48. The van der Waals surface area contributed by atoms with Crippen LogP contribution >= 0.6 is 11.3 Å². The van der Waals surface area contributed by atoms with E-state index in [0.717, 1.165) is 11.4 Å². The number of rotatable bonds is 0. The maximum atomic E-state index is 5.21. The van der Waals surface area contributed by atoms with Crippen molar-refractivity contribution >= 4 is 27.1 Å². The third-order valence-electron chi connectivity index (χ3n) is 1.84. The van der Waals surface area contributed by atoms with Gasteiger partial charge in [0, 0.05) is 10.1 Å². The maximum absolute atomic E-state index is 5.21. The number of hydrogen-bond acceptors (Lipinski definition) is 3. The monoisotopic (exact) mass is 163 g/mol. The van der Waals surface area contributed by atoms with Crippen molar-refractivity contribution in [2.75, 3.05) is 5.48 Å². The number of hydrogen-bond donors (Lipinski definition) is 1. The highest BCUT2D eigenvalue weighted by Gasteiger charge is 2.15. The summed E-state index contributed by atoms with van der Waals surface area (Å²) in [5.74, 6) is 0.959. The topological polar surface area (TPSA) is 21.3 Å². The molecule has 3 rings (SSSR count). The first kappa shape index (κ1) is 5.43. The van der Waals surface area contributed by atoms with Crippen LogP contribution in [-0.2, 0) is 0 Å². The van der Waals surface area contributed by atoms with E-state index >= 15 is 0 Å². The molecule has 1 aliphatic rings. The molecule has 0 atom stereocenters. The molecular weight excluding hydrogens is 158 g/mol. The second kappa shape index (κ2) is 1.68. The van der Waals surface area contributed by atoms with Crippen LogP contribution < -0.4 is 10.3 Å². The van der Waals surface area contributed by atoms with E-state index in [-0.39, 0.29) is 0 Å². The van der Waals surface area contributed by atoms with Gasteiger partial charge in [-0.3, -0.25) is 0 Å².